The van der Waals surface area contributed by atoms with Crippen LogP contribution in [-0.2, 0) is 0 Å². The second-order valence-electron chi connectivity index (χ2n) is 6.91. The molecule has 0 saturated carbocycles. The number of aromatic nitrogens is 1. The third-order valence-electron chi connectivity index (χ3n) is 5.21. The van der Waals surface area contributed by atoms with Crippen LogP contribution in [0.25, 0.3) is 0 Å². The highest BCUT2D eigenvalue weighted by Crippen LogP contribution is 2.50. The highest BCUT2D eigenvalue weighted by atomic mass is 35.5. The lowest BCUT2D eigenvalue weighted by atomic mass is 9.95. The van der Waals surface area contributed by atoms with Crippen LogP contribution in [0.3, 0.4) is 0 Å². The normalized spacial score (nSPS) is 19.8. The summed E-state index contributed by atoms with van der Waals surface area (Å²) in [4.78, 5) is 4.47. The van der Waals surface area contributed by atoms with Crippen LogP contribution in [0.15, 0.2) is 65.9 Å². The molecule has 1 aromatic heterocycles. The lowest BCUT2D eigenvalue weighted by molar-refractivity contribution is -0.0236. The van der Waals surface area contributed by atoms with Crippen LogP contribution >= 0.6 is 11.6 Å². The van der Waals surface area contributed by atoms with Gasteiger partial charge in [-0.25, -0.2) is 5.01 Å². The number of phenolic OH excluding ortho intramolecular Hbond substituents is 1. The van der Waals surface area contributed by atoms with Gasteiger partial charge >= 0.3 is 0 Å². The molecule has 0 spiro atoms. The molecule has 2 aliphatic heterocycles. The Labute approximate surface area is 173 Å². The molecule has 29 heavy (non-hydrogen) atoms. The molecular formula is C22H18ClN3O3. The van der Waals surface area contributed by atoms with Crippen molar-refractivity contribution < 1.29 is 14.6 Å². The van der Waals surface area contributed by atoms with Gasteiger partial charge in [-0.1, -0.05) is 29.8 Å². The van der Waals surface area contributed by atoms with Gasteiger partial charge in [-0.3, -0.25) is 4.98 Å². The maximum Gasteiger partial charge on any atom is 0.230 e. The Morgan fingerprint density at radius 1 is 1.17 bits per heavy atom. The van der Waals surface area contributed by atoms with E-state index in [1.165, 1.54) is 0 Å². The number of phenols is 1. The van der Waals surface area contributed by atoms with Crippen molar-refractivity contribution in [2.45, 2.75) is 18.7 Å². The van der Waals surface area contributed by atoms with Crippen molar-refractivity contribution in [3.63, 3.8) is 0 Å². The molecule has 5 rings (SSSR count). The van der Waals surface area contributed by atoms with Crippen molar-refractivity contribution in [3.05, 3.63) is 82.6 Å². The summed E-state index contributed by atoms with van der Waals surface area (Å²) in [7, 11) is 1.63. The second-order valence-corrected chi connectivity index (χ2v) is 7.35. The summed E-state index contributed by atoms with van der Waals surface area (Å²) >= 11 is 6.16. The number of ether oxygens (including phenoxy) is 2. The van der Waals surface area contributed by atoms with E-state index in [0.717, 1.165) is 17.0 Å². The summed E-state index contributed by atoms with van der Waals surface area (Å²) in [5.74, 6) is 1.51. The molecule has 1 N–H and O–H groups in total. The number of nitrogens with zero attached hydrogens (tertiary/aromatic N) is 3. The van der Waals surface area contributed by atoms with Crippen LogP contribution in [0.1, 0.15) is 35.5 Å². The van der Waals surface area contributed by atoms with Crippen molar-refractivity contribution in [2.24, 2.45) is 5.10 Å². The zero-order chi connectivity index (χ0) is 20.0. The number of hydrogen-bond donors (Lipinski definition) is 1. The molecule has 0 unspecified atom stereocenters. The van der Waals surface area contributed by atoms with E-state index in [1.807, 2.05) is 41.4 Å². The van der Waals surface area contributed by atoms with E-state index in [9.17, 15) is 5.11 Å². The van der Waals surface area contributed by atoms with Gasteiger partial charge in [-0.05, 0) is 36.4 Å². The van der Waals surface area contributed by atoms with Gasteiger partial charge in [-0.2, -0.15) is 5.10 Å². The van der Waals surface area contributed by atoms with E-state index in [4.69, 9.17) is 26.2 Å². The fourth-order valence-electron chi connectivity index (χ4n) is 3.86. The zero-order valence-corrected chi connectivity index (χ0v) is 16.4. The van der Waals surface area contributed by atoms with Crippen molar-refractivity contribution in [1.82, 2.24) is 9.99 Å². The molecule has 2 aliphatic rings. The van der Waals surface area contributed by atoms with Gasteiger partial charge in [0.25, 0.3) is 0 Å². The van der Waals surface area contributed by atoms with Crippen LogP contribution in [0.5, 0.6) is 17.2 Å². The number of benzene rings is 2. The van der Waals surface area contributed by atoms with Crippen molar-refractivity contribution in [1.29, 1.82) is 0 Å². The third-order valence-corrected chi connectivity index (χ3v) is 5.45. The molecule has 3 aromatic rings. The minimum atomic E-state index is -0.510. The van der Waals surface area contributed by atoms with Gasteiger partial charge in [0.2, 0.25) is 6.23 Å². The van der Waals surface area contributed by atoms with Gasteiger partial charge in [0.05, 0.1) is 18.9 Å². The van der Waals surface area contributed by atoms with Crippen LogP contribution in [0, 0.1) is 0 Å². The number of halogens is 1. The number of hydrogen-bond acceptors (Lipinski definition) is 6. The molecule has 0 amide bonds. The van der Waals surface area contributed by atoms with Crippen LogP contribution in [0.2, 0.25) is 5.02 Å². The highest BCUT2D eigenvalue weighted by molar-refractivity contribution is 6.31. The Hall–Kier alpha value is -3.25. The SMILES string of the molecule is COc1cccc2c1O[C@H](c1ccccn1)N1N=C(c3cc(Cl)ccc3O)C[C@@H]21. The molecule has 6 nitrogen and oxygen atoms in total. The van der Waals surface area contributed by atoms with E-state index in [-0.39, 0.29) is 11.8 Å². The number of pyridine rings is 1. The van der Waals surface area contributed by atoms with E-state index >= 15 is 0 Å². The number of hydrazone groups is 1. The molecule has 2 aromatic carbocycles. The van der Waals surface area contributed by atoms with Crippen molar-refractivity contribution in [2.75, 3.05) is 7.11 Å². The first-order chi connectivity index (χ1) is 14.2. The number of fused-ring (bicyclic) bond motifs is 3. The lowest BCUT2D eigenvalue weighted by Crippen LogP contribution is -2.34. The largest absolute Gasteiger partial charge is 0.507 e. The minimum absolute atomic E-state index is 0.0748. The highest BCUT2D eigenvalue weighted by Gasteiger charge is 2.43. The second kappa shape index (κ2) is 6.97. The van der Waals surface area contributed by atoms with Crippen LogP contribution < -0.4 is 9.47 Å². The van der Waals surface area contributed by atoms with Crippen LogP contribution in [-0.4, -0.2) is 27.9 Å². The van der Waals surface area contributed by atoms with Gasteiger partial charge in [0.1, 0.15) is 11.4 Å². The van der Waals surface area contributed by atoms with E-state index < -0.39 is 6.23 Å². The number of para-hydroxylation sites is 1. The Balaban J connectivity index is 1.64. The summed E-state index contributed by atoms with van der Waals surface area (Å²) in [6.45, 7) is 0. The first-order valence-corrected chi connectivity index (χ1v) is 9.62. The quantitative estimate of drug-likeness (QED) is 0.682. The molecule has 146 valence electrons. The minimum Gasteiger partial charge on any atom is -0.507 e. The monoisotopic (exact) mass is 407 g/mol. The zero-order valence-electron chi connectivity index (χ0n) is 15.6. The number of methoxy groups -OCH3 is 1. The summed E-state index contributed by atoms with van der Waals surface area (Å²) in [5.41, 5.74) is 3.09. The fourth-order valence-corrected chi connectivity index (χ4v) is 4.04. The summed E-state index contributed by atoms with van der Waals surface area (Å²) in [6, 6.07) is 16.4. The van der Waals surface area contributed by atoms with Crippen LogP contribution in [0.4, 0.5) is 0 Å². The predicted octanol–water partition coefficient (Wildman–Crippen LogP) is 4.69. The van der Waals surface area contributed by atoms with Crippen molar-refractivity contribution in [3.8, 4) is 17.2 Å². The summed E-state index contributed by atoms with van der Waals surface area (Å²) in [6.07, 6.45) is 1.82. The number of aromatic hydroxyl groups is 1. The predicted molar refractivity (Wildman–Crippen MR) is 109 cm³/mol. The Bertz CT molecular complexity index is 1100. The molecule has 3 heterocycles. The molecule has 0 fully saturated rings. The molecule has 0 saturated heterocycles. The van der Waals surface area contributed by atoms with Gasteiger partial charge in [-0.15, -0.1) is 0 Å². The number of rotatable bonds is 3. The summed E-state index contributed by atoms with van der Waals surface area (Å²) < 4.78 is 11.9. The van der Waals surface area contributed by atoms with E-state index in [2.05, 4.69) is 4.98 Å². The van der Waals surface area contributed by atoms with E-state index in [1.54, 1.807) is 31.5 Å². The smallest absolute Gasteiger partial charge is 0.230 e. The van der Waals surface area contributed by atoms with Gasteiger partial charge < -0.3 is 14.6 Å². The average Bonchev–Trinajstić information content (AvgIpc) is 3.20. The molecule has 2 atom stereocenters. The van der Waals surface area contributed by atoms with Gasteiger partial charge in [0.15, 0.2) is 11.5 Å². The maximum atomic E-state index is 10.4. The Morgan fingerprint density at radius 3 is 2.86 bits per heavy atom. The lowest BCUT2D eigenvalue weighted by Gasteiger charge is -2.38. The third kappa shape index (κ3) is 2.96. The van der Waals surface area contributed by atoms with Gasteiger partial charge in [0, 0.05) is 28.8 Å². The maximum absolute atomic E-state index is 10.4. The summed E-state index contributed by atoms with van der Waals surface area (Å²) in [5, 5.41) is 17.6. The first kappa shape index (κ1) is 17.8. The Morgan fingerprint density at radius 2 is 2.07 bits per heavy atom. The molecule has 0 bridgehead atoms. The standard InChI is InChI=1S/C22H18ClN3O3/c1-28-20-7-4-5-14-18-12-17(15-11-13(23)8-9-19(15)27)25-26(18)22(29-21(14)20)16-6-2-3-10-24-16/h2-11,18,22,27H,12H2,1H3/t18-,22+/m0/s1. The fraction of sp³-hybridized carbons (Fsp3) is 0.182. The first-order valence-electron chi connectivity index (χ1n) is 9.25. The average molecular weight is 408 g/mol. The molecular weight excluding hydrogens is 390 g/mol. The Kier molecular flexibility index (Phi) is 4.28. The molecule has 0 aliphatic carbocycles. The topological polar surface area (TPSA) is 67.2 Å². The molecule has 0 radical (unpaired) electrons. The molecule has 7 heteroatoms. The van der Waals surface area contributed by atoms with E-state index in [0.29, 0.717) is 28.5 Å². The van der Waals surface area contributed by atoms with Crippen molar-refractivity contribution >= 4 is 17.3 Å².